The van der Waals surface area contributed by atoms with Crippen LogP contribution in [-0.4, -0.2) is 7.11 Å². The Balaban J connectivity index is 2.06. The van der Waals surface area contributed by atoms with E-state index >= 15 is 0 Å². The predicted octanol–water partition coefficient (Wildman–Crippen LogP) is 4.51. The number of thiophene rings is 1. The fourth-order valence-electron chi connectivity index (χ4n) is 1.86. The molecule has 0 bridgehead atoms. The van der Waals surface area contributed by atoms with Crippen molar-refractivity contribution < 1.29 is 9.13 Å². The van der Waals surface area contributed by atoms with Crippen molar-refractivity contribution in [3.63, 3.8) is 0 Å². The Labute approximate surface area is 124 Å². The summed E-state index contributed by atoms with van der Waals surface area (Å²) >= 11 is 5.09. The molecule has 0 spiro atoms. The Kier molecular flexibility index (Phi) is 4.96. The van der Waals surface area contributed by atoms with Crippen molar-refractivity contribution in [2.24, 2.45) is 0 Å². The Morgan fingerprint density at radius 2 is 2.21 bits per heavy atom. The van der Waals surface area contributed by atoms with Crippen molar-refractivity contribution >= 4 is 27.3 Å². The molecule has 1 aromatic heterocycles. The molecule has 19 heavy (non-hydrogen) atoms. The maximum absolute atomic E-state index is 13.3. The normalized spacial score (nSPS) is 12.4. The van der Waals surface area contributed by atoms with Gasteiger partial charge in [0.1, 0.15) is 11.6 Å². The van der Waals surface area contributed by atoms with Gasteiger partial charge >= 0.3 is 0 Å². The van der Waals surface area contributed by atoms with Gasteiger partial charge in [-0.25, -0.2) is 4.39 Å². The Bertz CT molecular complexity index is 558. The second kappa shape index (κ2) is 6.50. The van der Waals surface area contributed by atoms with Crippen molar-refractivity contribution in [1.82, 2.24) is 5.32 Å². The lowest BCUT2D eigenvalue weighted by atomic mass is 10.1. The number of hydrogen-bond acceptors (Lipinski definition) is 3. The molecule has 0 aliphatic carbocycles. The summed E-state index contributed by atoms with van der Waals surface area (Å²) in [7, 11) is 1.60. The number of hydrogen-bond donors (Lipinski definition) is 1. The third-order valence-corrected chi connectivity index (χ3v) is 4.45. The molecular weight excluding hydrogens is 329 g/mol. The third kappa shape index (κ3) is 3.78. The van der Waals surface area contributed by atoms with Crippen molar-refractivity contribution in [2.45, 2.75) is 19.5 Å². The van der Waals surface area contributed by atoms with E-state index in [4.69, 9.17) is 4.74 Å². The molecular formula is C14H15BrFNOS. The molecule has 0 fully saturated rings. The second-order valence-electron chi connectivity index (χ2n) is 4.25. The summed E-state index contributed by atoms with van der Waals surface area (Å²) in [5.74, 6) is 0.454. The van der Waals surface area contributed by atoms with Crippen molar-refractivity contribution in [1.29, 1.82) is 0 Å². The van der Waals surface area contributed by atoms with E-state index in [0.717, 1.165) is 15.9 Å². The van der Waals surface area contributed by atoms with Gasteiger partial charge in [-0.3, -0.25) is 0 Å². The van der Waals surface area contributed by atoms with E-state index in [1.54, 1.807) is 24.5 Å². The fourth-order valence-corrected chi connectivity index (χ4v) is 3.07. The Morgan fingerprint density at radius 3 is 2.84 bits per heavy atom. The van der Waals surface area contributed by atoms with E-state index in [-0.39, 0.29) is 11.9 Å². The minimum absolute atomic E-state index is 0.0179. The molecule has 5 heteroatoms. The van der Waals surface area contributed by atoms with E-state index in [0.29, 0.717) is 5.75 Å². The first-order valence-corrected chi connectivity index (χ1v) is 7.57. The van der Waals surface area contributed by atoms with Crippen LogP contribution in [0.2, 0.25) is 0 Å². The van der Waals surface area contributed by atoms with Gasteiger partial charge in [0.25, 0.3) is 0 Å². The van der Waals surface area contributed by atoms with Gasteiger partial charge < -0.3 is 10.1 Å². The quantitative estimate of drug-likeness (QED) is 0.862. The number of benzene rings is 1. The molecule has 0 aliphatic rings. The average Bonchev–Trinajstić information content (AvgIpc) is 2.81. The molecule has 2 rings (SSSR count). The summed E-state index contributed by atoms with van der Waals surface area (Å²) in [4.78, 5) is 0. The van der Waals surface area contributed by atoms with Crippen molar-refractivity contribution in [3.05, 3.63) is 50.4 Å². The standard InChI is InChI=1S/C14H15BrFNOS/c1-9(17-7-10-5-14(15)19-8-10)12-6-11(16)3-4-13(12)18-2/h3-6,8-9,17H,7H2,1-2H3. The van der Waals surface area contributed by atoms with Crippen LogP contribution in [0.5, 0.6) is 5.75 Å². The summed E-state index contributed by atoms with van der Waals surface area (Å²) in [6.45, 7) is 2.74. The van der Waals surface area contributed by atoms with Gasteiger partial charge in [0.05, 0.1) is 10.9 Å². The van der Waals surface area contributed by atoms with Crippen molar-refractivity contribution in [3.8, 4) is 5.75 Å². The van der Waals surface area contributed by atoms with Crippen LogP contribution >= 0.6 is 27.3 Å². The molecule has 0 amide bonds. The number of halogens is 2. The highest BCUT2D eigenvalue weighted by molar-refractivity contribution is 9.11. The summed E-state index contributed by atoms with van der Waals surface area (Å²) in [5, 5.41) is 5.46. The predicted molar refractivity (Wildman–Crippen MR) is 80.2 cm³/mol. The first-order valence-electron chi connectivity index (χ1n) is 5.90. The van der Waals surface area contributed by atoms with Gasteiger partial charge in [0.2, 0.25) is 0 Å². The molecule has 0 radical (unpaired) electrons. The van der Waals surface area contributed by atoms with Gasteiger partial charge in [0, 0.05) is 18.2 Å². The molecule has 102 valence electrons. The van der Waals surface area contributed by atoms with Crippen LogP contribution in [0.3, 0.4) is 0 Å². The third-order valence-electron chi connectivity index (χ3n) is 2.89. The zero-order valence-electron chi connectivity index (χ0n) is 10.7. The molecule has 1 aromatic carbocycles. The molecule has 2 aromatic rings. The number of nitrogens with one attached hydrogen (secondary N) is 1. The van der Waals surface area contributed by atoms with Crippen molar-refractivity contribution in [2.75, 3.05) is 7.11 Å². The lowest BCUT2D eigenvalue weighted by molar-refractivity contribution is 0.400. The summed E-state index contributed by atoms with van der Waals surface area (Å²) in [6, 6.07) is 6.67. The minimum atomic E-state index is -0.247. The Morgan fingerprint density at radius 1 is 1.42 bits per heavy atom. The highest BCUT2D eigenvalue weighted by atomic mass is 79.9. The molecule has 1 N–H and O–H groups in total. The molecule has 1 unspecified atom stereocenters. The first kappa shape index (κ1) is 14.5. The summed E-state index contributed by atoms with van der Waals surface area (Å²) in [6.07, 6.45) is 0. The monoisotopic (exact) mass is 343 g/mol. The first-order chi connectivity index (χ1) is 9.10. The van der Waals surface area contributed by atoms with Gasteiger partial charge in [-0.05, 0) is 58.1 Å². The topological polar surface area (TPSA) is 21.3 Å². The zero-order valence-corrected chi connectivity index (χ0v) is 13.1. The molecule has 1 heterocycles. The van der Waals surface area contributed by atoms with Gasteiger partial charge in [-0.2, -0.15) is 0 Å². The largest absolute Gasteiger partial charge is 0.496 e. The highest BCUT2D eigenvalue weighted by Crippen LogP contribution is 2.26. The van der Waals surface area contributed by atoms with Crippen LogP contribution < -0.4 is 10.1 Å². The highest BCUT2D eigenvalue weighted by Gasteiger charge is 2.12. The van der Waals surface area contributed by atoms with Crippen LogP contribution in [0.15, 0.2) is 33.4 Å². The SMILES string of the molecule is COc1ccc(F)cc1C(C)NCc1csc(Br)c1. The lowest BCUT2D eigenvalue weighted by Gasteiger charge is -2.17. The van der Waals surface area contributed by atoms with Crippen LogP contribution in [0.25, 0.3) is 0 Å². The number of ether oxygens (including phenoxy) is 1. The van der Waals surface area contributed by atoms with E-state index in [9.17, 15) is 4.39 Å². The maximum Gasteiger partial charge on any atom is 0.123 e. The maximum atomic E-state index is 13.3. The van der Waals surface area contributed by atoms with Gasteiger partial charge in [-0.1, -0.05) is 0 Å². The average molecular weight is 344 g/mol. The molecule has 0 aliphatic heterocycles. The molecule has 0 saturated carbocycles. The van der Waals surface area contributed by atoms with Crippen LogP contribution in [0, 0.1) is 5.82 Å². The lowest BCUT2D eigenvalue weighted by Crippen LogP contribution is -2.18. The number of rotatable bonds is 5. The van der Waals surface area contributed by atoms with Crippen LogP contribution in [0.4, 0.5) is 4.39 Å². The number of methoxy groups -OCH3 is 1. The van der Waals surface area contributed by atoms with E-state index in [1.807, 2.05) is 6.92 Å². The minimum Gasteiger partial charge on any atom is -0.496 e. The molecule has 0 saturated heterocycles. The fraction of sp³-hybridized carbons (Fsp3) is 0.286. The summed E-state index contributed by atoms with van der Waals surface area (Å²) < 4.78 is 19.7. The van der Waals surface area contributed by atoms with Crippen LogP contribution in [-0.2, 0) is 6.54 Å². The molecule has 1 atom stereocenters. The van der Waals surface area contributed by atoms with Gasteiger partial charge in [0.15, 0.2) is 0 Å². The van der Waals surface area contributed by atoms with Crippen LogP contribution in [0.1, 0.15) is 24.1 Å². The zero-order chi connectivity index (χ0) is 13.8. The van der Waals surface area contributed by atoms with E-state index < -0.39 is 0 Å². The van der Waals surface area contributed by atoms with E-state index in [2.05, 4.69) is 32.7 Å². The van der Waals surface area contributed by atoms with E-state index in [1.165, 1.54) is 17.7 Å². The van der Waals surface area contributed by atoms with Gasteiger partial charge in [-0.15, -0.1) is 11.3 Å². The second-order valence-corrected chi connectivity index (χ2v) is 6.54. The Hall–Kier alpha value is -0.910. The summed E-state index contributed by atoms with van der Waals surface area (Å²) in [5.41, 5.74) is 2.04. The smallest absolute Gasteiger partial charge is 0.123 e. The molecule has 2 nitrogen and oxygen atoms in total.